The van der Waals surface area contributed by atoms with Crippen molar-refractivity contribution >= 4 is 23.2 Å². The molecule has 194 valence electrons. The summed E-state index contributed by atoms with van der Waals surface area (Å²) < 4.78 is 21.8. The summed E-state index contributed by atoms with van der Waals surface area (Å²) in [4.78, 5) is 27.4. The van der Waals surface area contributed by atoms with Crippen molar-refractivity contribution in [2.45, 2.75) is 24.9 Å². The second-order valence-electron chi connectivity index (χ2n) is 8.69. The van der Waals surface area contributed by atoms with E-state index < -0.39 is 12.0 Å². The highest BCUT2D eigenvalue weighted by molar-refractivity contribution is 6.07. The molecule has 1 aliphatic rings. The van der Waals surface area contributed by atoms with Crippen molar-refractivity contribution in [3.05, 3.63) is 71.8 Å². The summed E-state index contributed by atoms with van der Waals surface area (Å²) in [7, 11) is 6.22. The van der Waals surface area contributed by atoms with Crippen molar-refractivity contribution in [1.82, 2.24) is 0 Å². The van der Waals surface area contributed by atoms with Gasteiger partial charge in [-0.05, 0) is 42.3 Å². The summed E-state index contributed by atoms with van der Waals surface area (Å²) in [5, 5.41) is 2.77. The number of methoxy groups -OCH3 is 4. The third-order valence-electron chi connectivity index (χ3n) is 6.43. The third-order valence-corrected chi connectivity index (χ3v) is 6.43. The van der Waals surface area contributed by atoms with Crippen LogP contribution < -0.4 is 34.9 Å². The Kier molecular flexibility index (Phi) is 7.54. The van der Waals surface area contributed by atoms with E-state index in [0.717, 1.165) is 16.9 Å². The average molecular weight is 506 g/mol. The lowest BCUT2D eigenvalue weighted by Gasteiger charge is -2.48. The van der Waals surface area contributed by atoms with Gasteiger partial charge in [-0.1, -0.05) is 24.3 Å². The van der Waals surface area contributed by atoms with Crippen molar-refractivity contribution in [2.75, 3.05) is 38.7 Å². The average Bonchev–Trinajstić information content (AvgIpc) is 2.92. The van der Waals surface area contributed by atoms with Crippen molar-refractivity contribution in [2.24, 2.45) is 5.73 Å². The predicted molar refractivity (Wildman–Crippen MR) is 141 cm³/mol. The minimum atomic E-state index is -0.626. The van der Waals surface area contributed by atoms with Crippen molar-refractivity contribution in [3.8, 4) is 23.0 Å². The zero-order valence-corrected chi connectivity index (χ0v) is 21.5. The van der Waals surface area contributed by atoms with E-state index in [1.54, 1.807) is 43.2 Å². The molecule has 1 aliphatic heterocycles. The number of nitrogens with two attached hydrogens (primary N) is 1. The van der Waals surface area contributed by atoms with Crippen LogP contribution in [-0.2, 0) is 9.59 Å². The summed E-state index contributed by atoms with van der Waals surface area (Å²) in [6.07, 6.45) is 0. The standard InChI is InChI=1S/C28H31N3O6/c1-16(29)27(32)30-19-10-6-17(7-11-19)24-25(18-8-12-21(34-2)13-9-18)31(28(24)33)20-14-22(35-3)26(37-5)23(15-20)36-4/h6-16,24-25H,29H2,1-5H3,(H,30,32)/t16-,24-,25-/m0/s1. The monoisotopic (exact) mass is 505 g/mol. The van der Waals surface area contributed by atoms with Crippen LogP contribution >= 0.6 is 0 Å². The Morgan fingerprint density at radius 1 is 0.865 bits per heavy atom. The Morgan fingerprint density at radius 3 is 1.92 bits per heavy atom. The number of anilines is 2. The third kappa shape index (κ3) is 4.90. The predicted octanol–water partition coefficient (Wildman–Crippen LogP) is 3.88. The van der Waals surface area contributed by atoms with Crippen LogP contribution in [0, 0.1) is 0 Å². The van der Waals surface area contributed by atoms with Crippen LogP contribution in [0.5, 0.6) is 23.0 Å². The zero-order chi connectivity index (χ0) is 26.7. The SMILES string of the molecule is COc1ccc([C@H]2[C@H](c3ccc(NC(=O)[C@H](C)N)cc3)C(=O)N2c2cc(OC)c(OC)c(OC)c2)cc1. The fourth-order valence-electron chi connectivity index (χ4n) is 4.48. The molecule has 0 aliphatic carbocycles. The van der Waals surface area contributed by atoms with Crippen molar-refractivity contribution in [1.29, 1.82) is 0 Å². The van der Waals surface area contributed by atoms with Gasteiger partial charge in [-0.3, -0.25) is 9.59 Å². The van der Waals surface area contributed by atoms with Gasteiger partial charge >= 0.3 is 0 Å². The maximum atomic E-state index is 13.7. The molecule has 2 amide bonds. The Balaban J connectivity index is 1.74. The molecule has 4 rings (SSSR count). The highest BCUT2D eigenvalue weighted by Crippen LogP contribution is 2.52. The highest BCUT2D eigenvalue weighted by Gasteiger charge is 2.50. The smallest absolute Gasteiger partial charge is 0.240 e. The van der Waals surface area contributed by atoms with Crippen LogP contribution in [0.3, 0.4) is 0 Å². The molecule has 0 radical (unpaired) electrons. The lowest BCUT2D eigenvalue weighted by Crippen LogP contribution is -2.53. The Labute approximate surface area is 216 Å². The van der Waals surface area contributed by atoms with Crippen LogP contribution in [-0.4, -0.2) is 46.3 Å². The van der Waals surface area contributed by atoms with Crippen LogP contribution in [0.1, 0.15) is 30.0 Å². The first kappa shape index (κ1) is 25.8. The molecule has 3 atom stereocenters. The summed E-state index contributed by atoms with van der Waals surface area (Å²) >= 11 is 0. The topological polar surface area (TPSA) is 112 Å². The van der Waals surface area contributed by atoms with E-state index in [-0.39, 0.29) is 17.9 Å². The van der Waals surface area contributed by atoms with Crippen LogP contribution in [0.25, 0.3) is 0 Å². The Bertz CT molecular complexity index is 1250. The van der Waals surface area contributed by atoms with Gasteiger partial charge in [-0.2, -0.15) is 0 Å². The van der Waals surface area contributed by atoms with Crippen LogP contribution in [0.4, 0.5) is 11.4 Å². The van der Waals surface area contributed by atoms with E-state index in [1.807, 2.05) is 36.4 Å². The molecule has 1 fully saturated rings. The molecule has 3 N–H and O–H groups in total. The van der Waals surface area contributed by atoms with Gasteiger partial charge in [-0.25, -0.2) is 0 Å². The molecule has 3 aromatic carbocycles. The zero-order valence-electron chi connectivity index (χ0n) is 21.5. The van der Waals surface area contributed by atoms with Gasteiger partial charge in [0.25, 0.3) is 0 Å². The van der Waals surface area contributed by atoms with E-state index in [9.17, 15) is 9.59 Å². The maximum Gasteiger partial charge on any atom is 0.240 e. The Morgan fingerprint density at radius 2 is 1.43 bits per heavy atom. The number of hydrogen-bond donors (Lipinski definition) is 2. The van der Waals surface area contributed by atoms with Gasteiger partial charge in [0.1, 0.15) is 5.75 Å². The quantitative estimate of drug-likeness (QED) is 0.425. The summed E-state index contributed by atoms with van der Waals surface area (Å²) in [6.45, 7) is 1.62. The molecule has 0 bridgehead atoms. The van der Waals surface area contributed by atoms with Gasteiger partial charge in [0.2, 0.25) is 17.6 Å². The molecule has 0 saturated carbocycles. The molecule has 0 unspecified atom stereocenters. The number of β-lactam (4-membered cyclic amide) rings is 1. The number of hydrogen-bond acceptors (Lipinski definition) is 7. The van der Waals surface area contributed by atoms with E-state index in [4.69, 9.17) is 24.7 Å². The second kappa shape index (κ2) is 10.8. The molecule has 9 nitrogen and oxygen atoms in total. The van der Waals surface area contributed by atoms with E-state index in [1.165, 1.54) is 21.3 Å². The first-order chi connectivity index (χ1) is 17.8. The van der Waals surface area contributed by atoms with Gasteiger partial charge in [-0.15, -0.1) is 0 Å². The number of rotatable bonds is 9. The largest absolute Gasteiger partial charge is 0.497 e. The van der Waals surface area contributed by atoms with Gasteiger partial charge < -0.3 is 34.9 Å². The summed E-state index contributed by atoms with van der Waals surface area (Å²) in [6, 6.07) is 17.5. The first-order valence-electron chi connectivity index (χ1n) is 11.8. The molecule has 0 spiro atoms. The van der Waals surface area contributed by atoms with E-state index in [2.05, 4.69) is 5.32 Å². The number of nitrogens with zero attached hydrogens (tertiary/aromatic N) is 1. The number of benzene rings is 3. The van der Waals surface area contributed by atoms with Crippen molar-refractivity contribution in [3.63, 3.8) is 0 Å². The number of amides is 2. The number of carbonyl (C=O) groups is 2. The van der Waals surface area contributed by atoms with Gasteiger partial charge in [0.05, 0.1) is 52.1 Å². The molecular weight excluding hydrogens is 474 g/mol. The van der Waals surface area contributed by atoms with Gasteiger partial charge in [0, 0.05) is 17.8 Å². The molecule has 1 saturated heterocycles. The van der Waals surface area contributed by atoms with Gasteiger partial charge in [0.15, 0.2) is 11.5 Å². The molecule has 37 heavy (non-hydrogen) atoms. The molecule has 0 aromatic heterocycles. The summed E-state index contributed by atoms with van der Waals surface area (Å²) in [5.41, 5.74) is 8.65. The van der Waals surface area contributed by atoms with Crippen LogP contribution in [0.15, 0.2) is 60.7 Å². The number of nitrogens with one attached hydrogen (secondary N) is 1. The van der Waals surface area contributed by atoms with E-state index >= 15 is 0 Å². The lowest BCUT2D eigenvalue weighted by molar-refractivity contribution is -0.126. The molecule has 9 heteroatoms. The van der Waals surface area contributed by atoms with Crippen LogP contribution in [0.2, 0.25) is 0 Å². The lowest BCUT2D eigenvalue weighted by atomic mass is 9.77. The second-order valence-corrected chi connectivity index (χ2v) is 8.69. The fraction of sp³-hybridized carbons (Fsp3) is 0.286. The fourth-order valence-corrected chi connectivity index (χ4v) is 4.48. The maximum absolute atomic E-state index is 13.7. The first-order valence-corrected chi connectivity index (χ1v) is 11.8. The number of ether oxygens (including phenoxy) is 4. The Hall–Kier alpha value is -4.24. The highest BCUT2D eigenvalue weighted by atomic mass is 16.5. The number of carbonyl (C=O) groups excluding carboxylic acids is 2. The summed E-state index contributed by atoms with van der Waals surface area (Å²) in [5.74, 6) is 1.28. The molecular formula is C28H31N3O6. The molecule has 1 heterocycles. The van der Waals surface area contributed by atoms with E-state index in [0.29, 0.717) is 28.6 Å². The molecule has 3 aromatic rings. The minimum Gasteiger partial charge on any atom is -0.497 e. The van der Waals surface area contributed by atoms with Crippen molar-refractivity contribution < 1.29 is 28.5 Å². The minimum absolute atomic E-state index is 0.0811. The normalized spacial score (nSPS) is 17.5.